The second-order valence-electron chi connectivity index (χ2n) is 6.10. The lowest BCUT2D eigenvalue weighted by Crippen LogP contribution is -2.45. The van der Waals surface area contributed by atoms with Crippen molar-refractivity contribution in [3.05, 3.63) is 40.1 Å². The van der Waals surface area contributed by atoms with Crippen LogP contribution in [0.5, 0.6) is 0 Å². The number of carbonyl (C=O) groups is 1. The molecule has 0 aliphatic carbocycles. The Labute approximate surface area is 149 Å². The number of nitrogens with one attached hydrogen (secondary N) is 1. The average Bonchev–Trinajstić information content (AvgIpc) is 3.02. The molecule has 1 fully saturated rings. The summed E-state index contributed by atoms with van der Waals surface area (Å²) in [7, 11) is 0. The fourth-order valence-electron chi connectivity index (χ4n) is 2.90. The van der Waals surface area contributed by atoms with Gasteiger partial charge in [-0.15, -0.1) is 11.3 Å². The number of halogens is 1. The summed E-state index contributed by atoms with van der Waals surface area (Å²) in [5, 5.41) is 13.7. The number of hydrogen-bond donors (Lipinski definition) is 2. The Morgan fingerprint density at radius 3 is 2.76 bits per heavy atom. The standard InChI is InChI=1S/C17H20FN3O3S/c1-10-6-21(7-11(2)24-10)14-4-12(18)3-13(5-14)19-17(23)15-9-25-16(8-22)20-15/h3-5,9-11,22H,6-8H2,1-2H3,(H,19,23)/t10-,11+. The molecular formula is C17H20FN3O3S. The fourth-order valence-corrected chi connectivity index (χ4v) is 3.53. The van der Waals surface area contributed by atoms with Crippen molar-refractivity contribution in [2.75, 3.05) is 23.3 Å². The molecular weight excluding hydrogens is 345 g/mol. The van der Waals surface area contributed by atoms with Gasteiger partial charge in [0, 0.05) is 29.8 Å². The van der Waals surface area contributed by atoms with Gasteiger partial charge in [-0.1, -0.05) is 0 Å². The molecule has 2 N–H and O–H groups in total. The first kappa shape index (κ1) is 17.8. The lowest BCUT2D eigenvalue weighted by atomic mass is 10.2. The number of hydrogen-bond acceptors (Lipinski definition) is 6. The number of morpholine rings is 1. The second-order valence-corrected chi connectivity index (χ2v) is 7.04. The highest BCUT2D eigenvalue weighted by atomic mass is 32.1. The van der Waals surface area contributed by atoms with Gasteiger partial charge in [0.05, 0.1) is 18.8 Å². The Morgan fingerprint density at radius 2 is 2.12 bits per heavy atom. The average molecular weight is 365 g/mol. The van der Waals surface area contributed by atoms with E-state index in [0.717, 1.165) is 0 Å². The summed E-state index contributed by atoms with van der Waals surface area (Å²) in [6, 6.07) is 4.46. The van der Waals surface area contributed by atoms with Gasteiger partial charge in [-0.2, -0.15) is 0 Å². The van der Waals surface area contributed by atoms with Crippen molar-refractivity contribution in [1.82, 2.24) is 4.98 Å². The molecule has 2 aromatic rings. The molecule has 1 aromatic heterocycles. The Hall–Kier alpha value is -2.03. The Morgan fingerprint density at radius 1 is 1.40 bits per heavy atom. The molecule has 1 amide bonds. The normalized spacial score (nSPS) is 20.6. The first-order chi connectivity index (χ1) is 11.9. The van der Waals surface area contributed by atoms with E-state index in [-0.39, 0.29) is 24.5 Å². The lowest BCUT2D eigenvalue weighted by Gasteiger charge is -2.37. The van der Waals surface area contributed by atoms with Crippen LogP contribution in [0.3, 0.4) is 0 Å². The van der Waals surface area contributed by atoms with E-state index in [1.54, 1.807) is 11.4 Å². The van der Waals surface area contributed by atoms with E-state index in [2.05, 4.69) is 10.3 Å². The summed E-state index contributed by atoms with van der Waals surface area (Å²) in [4.78, 5) is 18.3. The number of amides is 1. The van der Waals surface area contributed by atoms with Gasteiger partial charge < -0.3 is 20.1 Å². The van der Waals surface area contributed by atoms with Crippen LogP contribution in [0.25, 0.3) is 0 Å². The minimum atomic E-state index is -0.434. The molecule has 1 aliphatic rings. The smallest absolute Gasteiger partial charge is 0.275 e. The largest absolute Gasteiger partial charge is 0.389 e. The molecule has 8 heteroatoms. The van der Waals surface area contributed by atoms with Gasteiger partial charge in [-0.05, 0) is 32.0 Å². The quantitative estimate of drug-likeness (QED) is 0.871. The Balaban J connectivity index is 1.78. The van der Waals surface area contributed by atoms with Gasteiger partial charge >= 0.3 is 0 Å². The van der Waals surface area contributed by atoms with Crippen LogP contribution in [-0.2, 0) is 11.3 Å². The summed E-state index contributed by atoms with van der Waals surface area (Å²) in [5.74, 6) is -0.856. The maximum Gasteiger partial charge on any atom is 0.275 e. The van der Waals surface area contributed by atoms with Crippen LogP contribution in [0.1, 0.15) is 29.3 Å². The number of rotatable bonds is 4. The lowest BCUT2D eigenvalue weighted by molar-refractivity contribution is -0.00523. The molecule has 0 bridgehead atoms. The minimum Gasteiger partial charge on any atom is -0.389 e. The monoisotopic (exact) mass is 365 g/mol. The molecule has 1 saturated heterocycles. The predicted molar refractivity (Wildman–Crippen MR) is 94.6 cm³/mol. The number of aromatic nitrogens is 1. The number of thiazole rings is 1. The molecule has 3 rings (SSSR count). The zero-order valence-corrected chi connectivity index (χ0v) is 14.8. The molecule has 0 spiro atoms. The number of aliphatic hydroxyl groups is 1. The number of benzene rings is 1. The zero-order chi connectivity index (χ0) is 18.0. The van der Waals surface area contributed by atoms with Crippen molar-refractivity contribution < 1.29 is 19.0 Å². The fraction of sp³-hybridized carbons (Fsp3) is 0.412. The second kappa shape index (κ2) is 7.47. The Kier molecular flexibility index (Phi) is 5.31. The van der Waals surface area contributed by atoms with Crippen molar-refractivity contribution in [2.45, 2.75) is 32.7 Å². The molecule has 1 aromatic carbocycles. The predicted octanol–water partition coefficient (Wildman–Crippen LogP) is 2.64. The molecule has 0 radical (unpaired) electrons. The highest BCUT2D eigenvalue weighted by Crippen LogP contribution is 2.25. The van der Waals surface area contributed by atoms with E-state index >= 15 is 0 Å². The topological polar surface area (TPSA) is 74.7 Å². The molecule has 6 nitrogen and oxygen atoms in total. The van der Waals surface area contributed by atoms with Gasteiger partial charge in [0.25, 0.3) is 5.91 Å². The van der Waals surface area contributed by atoms with Crippen LogP contribution in [0.4, 0.5) is 15.8 Å². The summed E-state index contributed by atoms with van der Waals surface area (Å²) in [6.45, 7) is 5.06. The third-order valence-corrected chi connectivity index (χ3v) is 4.68. The summed E-state index contributed by atoms with van der Waals surface area (Å²) >= 11 is 1.20. The van der Waals surface area contributed by atoms with E-state index in [4.69, 9.17) is 9.84 Å². The van der Waals surface area contributed by atoms with Gasteiger partial charge in [0.2, 0.25) is 0 Å². The van der Waals surface area contributed by atoms with Crippen molar-refractivity contribution in [1.29, 1.82) is 0 Å². The number of aliphatic hydroxyl groups excluding tert-OH is 1. The molecule has 25 heavy (non-hydrogen) atoms. The highest BCUT2D eigenvalue weighted by molar-refractivity contribution is 7.09. The SMILES string of the molecule is C[C@@H]1CN(c2cc(F)cc(NC(=O)c3csc(CO)n3)c2)C[C@H](C)O1. The minimum absolute atomic E-state index is 0.0527. The number of anilines is 2. The van der Waals surface area contributed by atoms with E-state index in [1.165, 1.54) is 23.5 Å². The first-order valence-electron chi connectivity index (χ1n) is 8.02. The van der Waals surface area contributed by atoms with Crippen LogP contribution in [0, 0.1) is 5.82 Å². The van der Waals surface area contributed by atoms with Crippen LogP contribution < -0.4 is 10.2 Å². The molecule has 0 unspecified atom stereocenters. The highest BCUT2D eigenvalue weighted by Gasteiger charge is 2.23. The van der Waals surface area contributed by atoms with Crippen molar-refractivity contribution in [2.24, 2.45) is 0 Å². The van der Waals surface area contributed by atoms with E-state index in [1.807, 2.05) is 18.7 Å². The van der Waals surface area contributed by atoms with Gasteiger partial charge in [0.15, 0.2) is 0 Å². The third kappa shape index (κ3) is 4.33. The summed E-state index contributed by atoms with van der Waals surface area (Å²) in [6.07, 6.45) is 0.105. The van der Waals surface area contributed by atoms with Gasteiger partial charge in [-0.3, -0.25) is 4.79 Å². The third-order valence-electron chi connectivity index (χ3n) is 3.84. The van der Waals surface area contributed by atoms with E-state index in [9.17, 15) is 9.18 Å². The molecule has 0 saturated carbocycles. The van der Waals surface area contributed by atoms with Crippen molar-refractivity contribution in [3.8, 4) is 0 Å². The number of carbonyl (C=O) groups excluding carboxylic acids is 1. The summed E-state index contributed by atoms with van der Waals surface area (Å²) < 4.78 is 19.7. The maximum absolute atomic E-state index is 14.0. The molecule has 134 valence electrons. The molecule has 2 atom stereocenters. The molecule has 1 aliphatic heterocycles. The van der Waals surface area contributed by atoms with Gasteiger partial charge in [0.1, 0.15) is 16.5 Å². The van der Waals surface area contributed by atoms with E-state index in [0.29, 0.717) is 29.5 Å². The molecule has 2 heterocycles. The van der Waals surface area contributed by atoms with Crippen LogP contribution >= 0.6 is 11.3 Å². The number of ether oxygens (including phenoxy) is 1. The zero-order valence-electron chi connectivity index (χ0n) is 14.0. The van der Waals surface area contributed by atoms with Crippen molar-refractivity contribution in [3.63, 3.8) is 0 Å². The van der Waals surface area contributed by atoms with Crippen LogP contribution in [-0.4, -0.2) is 41.3 Å². The summed E-state index contributed by atoms with van der Waals surface area (Å²) in [5.41, 5.74) is 1.27. The van der Waals surface area contributed by atoms with E-state index < -0.39 is 11.7 Å². The van der Waals surface area contributed by atoms with Crippen LogP contribution in [0.15, 0.2) is 23.6 Å². The van der Waals surface area contributed by atoms with Gasteiger partial charge in [-0.25, -0.2) is 9.37 Å². The maximum atomic E-state index is 14.0. The first-order valence-corrected chi connectivity index (χ1v) is 8.90. The van der Waals surface area contributed by atoms with Crippen molar-refractivity contribution >= 4 is 28.6 Å². The number of nitrogens with zero attached hydrogens (tertiary/aromatic N) is 2. The van der Waals surface area contributed by atoms with Crippen LogP contribution in [0.2, 0.25) is 0 Å². The Bertz CT molecular complexity index is 757.